The van der Waals surface area contributed by atoms with Crippen molar-refractivity contribution in [1.29, 1.82) is 0 Å². The third-order valence-electron chi connectivity index (χ3n) is 7.44. The van der Waals surface area contributed by atoms with E-state index in [4.69, 9.17) is 9.84 Å². The molecule has 0 radical (unpaired) electrons. The topological polar surface area (TPSA) is 98.2 Å². The van der Waals surface area contributed by atoms with Gasteiger partial charge < -0.3 is 30.1 Å². The van der Waals surface area contributed by atoms with Gasteiger partial charge in [-0.05, 0) is 29.8 Å². The van der Waals surface area contributed by atoms with E-state index in [1.165, 1.54) is 29.7 Å². The van der Waals surface area contributed by atoms with Crippen LogP contribution in [0.2, 0.25) is 0 Å². The number of carbonyl (C=O) groups excluding carboxylic acids is 1. The van der Waals surface area contributed by atoms with Crippen molar-refractivity contribution in [1.82, 2.24) is 10.3 Å². The van der Waals surface area contributed by atoms with Crippen molar-refractivity contribution >= 4 is 28.1 Å². The molecule has 1 fully saturated rings. The summed E-state index contributed by atoms with van der Waals surface area (Å²) in [5, 5.41) is 21.6. The van der Waals surface area contributed by atoms with Crippen LogP contribution in [0.3, 0.4) is 0 Å². The molecule has 2 aromatic carbocycles. The number of aliphatic hydroxyl groups excluding tert-OH is 2. The minimum absolute atomic E-state index is 0.0744. The van der Waals surface area contributed by atoms with Gasteiger partial charge in [0, 0.05) is 52.0 Å². The van der Waals surface area contributed by atoms with Crippen LogP contribution in [-0.2, 0) is 12.7 Å². The largest absolute Gasteiger partial charge is 0.482 e. The summed E-state index contributed by atoms with van der Waals surface area (Å²) in [6.07, 6.45) is -2.37. The Morgan fingerprint density at radius 2 is 1.88 bits per heavy atom. The van der Waals surface area contributed by atoms with Gasteiger partial charge in [0.25, 0.3) is 5.91 Å². The molecular formula is C28H30F4N4O4S. The van der Waals surface area contributed by atoms with E-state index in [9.17, 15) is 23.1 Å². The van der Waals surface area contributed by atoms with Crippen molar-refractivity contribution in [3.05, 3.63) is 70.5 Å². The fourth-order valence-electron chi connectivity index (χ4n) is 5.14. The summed E-state index contributed by atoms with van der Waals surface area (Å²) in [4.78, 5) is 21.0. The Hall–Kier alpha value is -3.42. The SMILES string of the molecule is O=C(NC[C@H](O)CO)c1cnc(N2CCC3(CC2)CCN(Cc2cccc(C(F)(F)F)c2)c2cccc(F)c2O3)s1. The maximum Gasteiger partial charge on any atom is 0.416 e. The van der Waals surface area contributed by atoms with Crippen LogP contribution < -0.4 is 19.9 Å². The molecule has 3 N–H and O–H groups in total. The van der Waals surface area contributed by atoms with Gasteiger partial charge in [0.15, 0.2) is 16.7 Å². The van der Waals surface area contributed by atoms with Crippen molar-refractivity contribution in [3.63, 3.8) is 0 Å². The lowest BCUT2D eigenvalue weighted by Crippen LogP contribution is -2.48. The highest BCUT2D eigenvalue weighted by atomic mass is 32.1. The van der Waals surface area contributed by atoms with Crippen LogP contribution in [0.1, 0.15) is 40.1 Å². The van der Waals surface area contributed by atoms with Crippen molar-refractivity contribution in [2.24, 2.45) is 0 Å². The number of anilines is 2. The Morgan fingerprint density at radius 1 is 1.15 bits per heavy atom. The van der Waals surface area contributed by atoms with E-state index in [0.29, 0.717) is 60.2 Å². The Bertz CT molecular complexity index is 1380. The van der Waals surface area contributed by atoms with Gasteiger partial charge in [-0.25, -0.2) is 9.37 Å². The molecule has 0 aliphatic carbocycles. The van der Waals surface area contributed by atoms with Gasteiger partial charge in [0.2, 0.25) is 0 Å². The zero-order valence-corrected chi connectivity index (χ0v) is 22.8. The molecule has 2 aliphatic heterocycles. The number of thiazole rings is 1. The van der Waals surface area contributed by atoms with Crippen molar-refractivity contribution in [2.45, 2.75) is 43.7 Å². The predicted octanol–water partition coefficient (Wildman–Crippen LogP) is 4.21. The number of amides is 1. The smallest absolute Gasteiger partial charge is 0.416 e. The molecule has 1 atom stereocenters. The molecule has 0 bridgehead atoms. The first-order valence-corrected chi connectivity index (χ1v) is 14.0. The average Bonchev–Trinajstić information content (AvgIpc) is 3.40. The van der Waals surface area contributed by atoms with Gasteiger partial charge in [-0.3, -0.25) is 4.79 Å². The Labute approximate surface area is 238 Å². The maximum atomic E-state index is 15.1. The molecule has 13 heteroatoms. The number of para-hydroxylation sites is 1. The standard InChI is InChI=1S/C28H30F4N4O4S/c29-21-5-2-6-22-24(21)40-27(9-12-36(22)16-18-3-1-4-19(13-18)28(30,31)32)7-10-35(11-8-27)26-34-15-23(41-26)25(39)33-14-20(38)17-37/h1-6,13,15,20,37-38H,7-12,14,16-17H2,(H,33,39)/t20-/m0/s1. The molecule has 3 aromatic rings. The summed E-state index contributed by atoms with van der Waals surface area (Å²) in [6.45, 7) is 1.21. The molecule has 1 saturated heterocycles. The number of alkyl halides is 3. The fourth-order valence-corrected chi connectivity index (χ4v) is 6.02. The fraction of sp³-hybridized carbons (Fsp3) is 0.429. The number of fused-ring (bicyclic) bond motifs is 1. The number of hydrogen-bond acceptors (Lipinski definition) is 8. The number of hydrogen-bond donors (Lipinski definition) is 3. The van der Waals surface area contributed by atoms with Gasteiger partial charge in [0.05, 0.1) is 30.2 Å². The van der Waals surface area contributed by atoms with Crippen molar-refractivity contribution in [3.8, 4) is 5.75 Å². The second-order valence-corrected chi connectivity index (χ2v) is 11.3. The molecule has 41 heavy (non-hydrogen) atoms. The first-order valence-electron chi connectivity index (χ1n) is 13.2. The number of ether oxygens (including phenoxy) is 1. The van der Waals surface area contributed by atoms with E-state index >= 15 is 4.39 Å². The van der Waals surface area contributed by atoms with Crippen LogP contribution in [0.15, 0.2) is 48.7 Å². The van der Waals surface area contributed by atoms with Crippen LogP contribution >= 0.6 is 11.3 Å². The summed E-state index contributed by atoms with van der Waals surface area (Å²) >= 11 is 1.21. The van der Waals surface area contributed by atoms with E-state index in [1.54, 1.807) is 18.2 Å². The number of aliphatic hydroxyl groups is 2. The lowest BCUT2D eigenvalue weighted by molar-refractivity contribution is -0.137. The highest BCUT2D eigenvalue weighted by Crippen LogP contribution is 2.43. The van der Waals surface area contributed by atoms with Gasteiger partial charge in [-0.1, -0.05) is 29.5 Å². The summed E-state index contributed by atoms with van der Waals surface area (Å²) < 4.78 is 61.4. The second-order valence-electron chi connectivity index (χ2n) is 10.3. The highest BCUT2D eigenvalue weighted by molar-refractivity contribution is 7.17. The Balaban J connectivity index is 1.28. The molecule has 1 aromatic heterocycles. The van der Waals surface area contributed by atoms with Crippen LogP contribution in [0.25, 0.3) is 0 Å². The molecule has 1 spiro atoms. The average molecular weight is 595 g/mol. The van der Waals surface area contributed by atoms with E-state index in [1.807, 2.05) is 9.80 Å². The summed E-state index contributed by atoms with van der Waals surface area (Å²) in [5.74, 6) is -0.819. The minimum atomic E-state index is -4.45. The van der Waals surface area contributed by atoms with E-state index in [2.05, 4.69) is 10.3 Å². The third-order valence-corrected chi connectivity index (χ3v) is 8.50. The zero-order chi connectivity index (χ0) is 29.2. The van der Waals surface area contributed by atoms with E-state index in [-0.39, 0.29) is 18.8 Å². The lowest BCUT2D eigenvalue weighted by atomic mass is 9.88. The molecule has 3 heterocycles. The second kappa shape index (κ2) is 11.8. The number of nitrogens with zero attached hydrogens (tertiary/aromatic N) is 3. The van der Waals surface area contributed by atoms with Crippen molar-refractivity contribution < 1.29 is 37.3 Å². The predicted molar refractivity (Wildman–Crippen MR) is 146 cm³/mol. The lowest BCUT2D eigenvalue weighted by Gasteiger charge is -2.41. The number of piperidine rings is 1. The highest BCUT2D eigenvalue weighted by Gasteiger charge is 2.41. The molecule has 1 amide bonds. The minimum Gasteiger partial charge on any atom is -0.482 e. The molecule has 0 unspecified atom stereocenters. The van der Waals surface area contributed by atoms with Crippen LogP contribution in [0.4, 0.5) is 28.4 Å². The number of nitrogens with one attached hydrogen (secondary N) is 1. The molecule has 0 saturated carbocycles. The molecule has 2 aliphatic rings. The summed E-state index contributed by atoms with van der Waals surface area (Å²) in [7, 11) is 0. The number of rotatable bonds is 7. The quantitative estimate of drug-likeness (QED) is 0.353. The molecule has 5 rings (SSSR count). The third kappa shape index (κ3) is 6.57. The van der Waals surface area contributed by atoms with E-state index in [0.717, 1.165) is 12.1 Å². The first-order chi connectivity index (χ1) is 19.6. The van der Waals surface area contributed by atoms with Gasteiger partial charge in [-0.15, -0.1) is 0 Å². The number of benzene rings is 2. The van der Waals surface area contributed by atoms with Gasteiger partial charge >= 0.3 is 6.18 Å². The molecular weight excluding hydrogens is 564 g/mol. The molecule has 8 nitrogen and oxygen atoms in total. The monoisotopic (exact) mass is 594 g/mol. The normalized spacial score (nSPS) is 17.5. The molecule has 220 valence electrons. The van der Waals surface area contributed by atoms with Crippen molar-refractivity contribution in [2.75, 3.05) is 42.6 Å². The zero-order valence-electron chi connectivity index (χ0n) is 22.0. The van der Waals surface area contributed by atoms with Crippen LogP contribution in [0, 0.1) is 5.82 Å². The van der Waals surface area contributed by atoms with E-state index < -0.39 is 41.8 Å². The maximum absolute atomic E-state index is 15.1. The first kappa shape index (κ1) is 29.1. The summed E-state index contributed by atoms with van der Waals surface area (Å²) in [6, 6.07) is 9.77. The summed E-state index contributed by atoms with van der Waals surface area (Å²) in [5.41, 5.74) is -0.428. The Kier molecular flexibility index (Phi) is 8.39. The number of halogens is 4. The Morgan fingerprint density at radius 3 is 2.61 bits per heavy atom. The van der Waals surface area contributed by atoms with Gasteiger partial charge in [0.1, 0.15) is 10.5 Å². The van der Waals surface area contributed by atoms with Crippen LogP contribution in [0.5, 0.6) is 5.75 Å². The van der Waals surface area contributed by atoms with Gasteiger partial charge in [-0.2, -0.15) is 13.2 Å². The number of carbonyl (C=O) groups is 1. The number of aromatic nitrogens is 1. The van der Waals surface area contributed by atoms with Crippen LogP contribution in [-0.4, -0.2) is 65.6 Å².